The van der Waals surface area contributed by atoms with Crippen molar-refractivity contribution in [3.63, 3.8) is 0 Å². The lowest BCUT2D eigenvalue weighted by Gasteiger charge is -2.04. The molecule has 86 valence electrons. The summed E-state index contributed by atoms with van der Waals surface area (Å²) in [6.07, 6.45) is 1.26. The fraction of sp³-hybridized carbons (Fsp3) is 0.0833. The quantitative estimate of drug-likeness (QED) is 0.602. The average Bonchev–Trinajstić information content (AvgIpc) is 2.29. The highest BCUT2D eigenvalue weighted by atomic mass is 35.5. The summed E-state index contributed by atoms with van der Waals surface area (Å²) in [4.78, 5) is 14.3. The van der Waals surface area contributed by atoms with Crippen molar-refractivity contribution in [3.8, 4) is 11.3 Å². The minimum absolute atomic E-state index is 0.0146. The molecule has 17 heavy (non-hydrogen) atoms. The van der Waals surface area contributed by atoms with Crippen molar-refractivity contribution in [2.45, 2.75) is 6.92 Å². The van der Waals surface area contributed by atoms with Crippen LogP contribution in [-0.2, 0) is 0 Å². The smallest absolute Gasteiger partial charge is 0.258 e. The van der Waals surface area contributed by atoms with Crippen LogP contribution < -0.4 is 0 Å². The number of aromatic nitrogens is 1. The lowest BCUT2D eigenvalue weighted by Crippen LogP contribution is -1.94. The number of halogens is 1. The summed E-state index contributed by atoms with van der Waals surface area (Å²) in [5, 5.41) is 11.3. The molecule has 2 aromatic rings. The molecule has 0 aliphatic heterocycles. The average molecular weight is 249 g/mol. The van der Waals surface area contributed by atoms with Gasteiger partial charge in [0.1, 0.15) is 6.20 Å². The number of hydrogen-bond donors (Lipinski definition) is 0. The van der Waals surface area contributed by atoms with E-state index in [1.54, 1.807) is 19.1 Å². The second kappa shape index (κ2) is 4.51. The van der Waals surface area contributed by atoms with Crippen LogP contribution in [0.15, 0.2) is 36.5 Å². The Morgan fingerprint density at radius 1 is 1.35 bits per heavy atom. The third kappa shape index (κ3) is 2.26. The summed E-state index contributed by atoms with van der Waals surface area (Å²) in [5.41, 5.74) is 1.99. The van der Waals surface area contributed by atoms with E-state index >= 15 is 0 Å². The number of pyridine rings is 1. The third-order valence-corrected chi connectivity index (χ3v) is 2.76. The van der Waals surface area contributed by atoms with E-state index in [1.807, 2.05) is 18.2 Å². The minimum Gasteiger partial charge on any atom is -0.258 e. The van der Waals surface area contributed by atoms with Crippen molar-refractivity contribution in [1.82, 2.24) is 4.98 Å². The standard InChI is InChI=1S/C12H9ClN2O2/c1-8-6-11(14-7-12(8)15(16)17)9-4-2-3-5-10(9)13/h2-7H,1H3. The summed E-state index contributed by atoms with van der Waals surface area (Å²) in [6, 6.07) is 8.92. The van der Waals surface area contributed by atoms with Gasteiger partial charge in [-0.15, -0.1) is 0 Å². The largest absolute Gasteiger partial charge is 0.290 e. The van der Waals surface area contributed by atoms with E-state index in [9.17, 15) is 10.1 Å². The normalized spacial score (nSPS) is 10.2. The maximum absolute atomic E-state index is 10.7. The zero-order valence-corrected chi connectivity index (χ0v) is 9.81. The second-order valence-corrected chi connectivity index (χ2v) is 4.00. The maximum Gasteiger partial charge on any atom is 0.290 e. The molecule has 0 amide bonds. The van der Waals surface area contributed by atoms with Gasteiger partial charge in [-0.1, -0.05) is 29.8 Å². The summed E-state index contributed by atoms with van der Waals surface area (Å²) < 4.78 is 0. The van der Waals surface area contributed by atoms with Gasteiger partial charge in [0.05, 0.1) is 10.6 Å². The highest BCUT2D eigenvalue weighted by molar-refractivity contribution is 6.33. The summed E-state index contributed by atoms with van der Waals surface area (Å²) in [6.45, 7) is 1.68. The van der Waals surface area contributed by atoms with E-state index in [4.69, 9.17) is 11.6 Å². The van der Waals surface area contributed by atoms with Crippen LogP contribution in [0, 0.1) is 17.0 Å². The Bertz CT molecular complexity index is 584. The van der Waals surface area contributed by atoms with Crippen molar-refractivity contribution in [1.29, 1.82) is 0 Å². The maximum atomic E-state index is 10.7. The Balaban J connectivity index is 2.52. The molecule has 5 heteroatoms. The number of rotatable bonds is 2. The Labute approximate surface area is 103 Å². The van der Waals surface area contributed by atoms with Crippen molar-refractivity contribution >= 4 is 17.3 Å². The van der Waals surface area contributed by atoms with Gasteiger partial charge >= 0.3 is 0 Å². The van der Waals surface area contributed by atoms with Crippen LogP contribution in [0.2, 0.25) is 5.02 Å². The van der Waals surface area contributed by atoms with Gasteiger partial charge in [0.15, 0.2) is 0 Å². The lowest BCUT2D eigenvalue weighted by molar-refractivity contribution is -0.385. The zero-order valence-electron chi connectivity index (χ0n) is 9.05. The van der Waals surface area contributed by atoms with Crippen LogP contribution in [0.4, 0.5) is 5.69 Å². The van der Waals surface area contributed by atoms with E-state index in [0.717, 1.165) is 5.56 Å². The summed E-state index contributed by atoms with van der Waals surface area (Å²) in [5.74, 6) is 0. The molecule has 0 fully saturated rings. The Kier molecular flexibility index (Phi) is 3.06. The van der Waals surface area contributed by atoms with Gasteiger partial charge in [-0.3, -0.25) is 10.1 Å². The minimum atomic E-state index is -0.446. The molecule has 0 saturated heterocycles. The van der Waals surface area contributed by atoms with E-state index in [1.165, 1.54) is 6.20 Å². The lowest BCUT2D eigenvalue weighted by atomic mass is 10.1. The molecule has 0 atom stereocenters. The molecular formula is C12H9ClN2O2. The highest BCUT2D eigenvalue weighted by Crippen LogP contribution is 2.28. The van der Waals surface area contributed by atoms with E-state index in [0.29, 0.717) is 16.3 Å². The van der Waals surface area contributed by atoms with E-state index in [2.05, 4.69) is 4.98 Å². The van der Waals surface area contributed by atoms with Crippen molar-refractivity contribution in [2.24, 2.45) is 0 Å². The first-order chi connectivity index (χ1) is 8.09. The molecule has 0 radical (unpaired) electrons. The number of aryl methyl sites for hydroxylation is 1. The molecule has 1 aromatic heterocycles. The van der Waals surface area contributed by atoms with Gasteiger partial charge < -0.3 is 0 Å². The van der Waals surface area contributed by atoms with Gasteiger partial charge in [0.2, 0.25) is 0 Å². The summed E-state index contributed by atoms with van der Waals surface area (Å²) in [7, 11) is 0. The monoisotopic (exact) mass is 248 g/mol. The molecule has 0 spiro atoms. The molecule has 0 aliphatic carbocycles. The highest BCUT2D eigenvalue weighted by Gasteiger charge is 2.13. The zero-order chi connectivity index (χ0) is 12.4. The van der Waals surface area contributed by atoms with Crippen LogP contribution >= 0.6 is 11.6 Å². The number of benzene rings is 1. The third-order valence-electron chi connectivity index (χ3n) is 2.43. The fourth-order valence-electron chi connectivity index (χ4n) is 1.56. The fourth-order valence-corrected chi connectivity index (χ4v) is 1.79. The molecule has 0 N–H and O–H groups in total. The predicted octanol–water partition coefficient (Wildman–Crippen LogP) is 3.62. The molecule has 0 bridgehead atoms. The summed E-state index contributed by atoms with van der Waals surface area (Å²) >= 11 is 6.04. The molecule has 1 aromatic carbocycles. The Morgan fingerprint density at radius 2 is 2.06 bits per heavy atom. The Morgan fingerprint density at radius 3 is 2.65 bits per heavy atom. The first-order valence-electron chi connectivity index (χ1n) is 4.95. The predicted molar refractivity (Wildman–Crippen MR) is 66.1 cm³/mol. The van der Waals surface area contributed by atoms with Crippen LogP contribution in [0.1, 0.15) is 5.56 Å². The molecule has 0 unspecified atom stereocenters. The number of nitrogens with zero attached hydrogens (tertiary/aromatic N) is 2. The molecule has 4 nitrogen and oxygen atoms in total. The van der Waals surface area contributed by atoms with Crippen LogP contribution in [0.5, 0.6) is 0 Å². The topological polar surface area (TPSA) is 56.0 Å². The van der Waals surface area contributed by atoms with Crippen LogP contribution in [0.3, 0.4) is 0 Å². The van der Waals surface area contributed by atoms with Crippen LogP contribution in [0.25, 0.3) is 11.3 Å². The number of hydrogen-bond acceptors (Lipinski definition) is 3. The van der Waals surface area contributed by atoms with Gasteiger partial charge in [-0.2, -0.15) is 0 Å². The van der Waals surface area contributed by atoms with Crippen LogP contribution in [-0.4, -0.2) is 9.91 Å². The second-order valence-electron chi connectivity index (χ2n) is 3.59. The SMILES string of the molecule is Cc1cc(-c2ccccc2Cl)ncc1[N+](=O)[O-]. The molecule has 2 rings (SSSR count). The van der Waals surface area contributed by atoms with Gasteiger partial charge in [-0.25, -0.2) is 4.98 Å². The first kappa shape index (κ1) is 11.5. The first-order valence-corrected chi connectivity index (χ1v) is 5.33. The van der Waals surface area contributed by atoms with Gasteiger partial charge in [0.25, 0.3) is 5.69 Å². The van der Waals surface area contributed by atoms with Crippen molar-refractivity contribution < 1.29 is 4.92 Å². The van der Waals surface area contributed by atoms with E-state index in [-0.39, 0.29) is 5.69 Å². The van der Waals surface area contributed by atoms with Gasteiger partial charge in [-0.05, 0) is 19.1 Å². The van der Waals surface area contributed by atoms with Gasteiger partial charge in [0, 0.05) is 16.1 Å². The Hall–Kier alpha value is -1.94. The van der Waals surface area contributed by atoms with Crippen molar-refractivity contribution in [3.05, 3.63) is 57.2 Å². The molecule has 0 aliphatic rings. The molecule has 0 saturated carbocycles. The number of nitro groups is 1. The molecular weight excluding hydrogens is 240 g/mol. The molecule has 1 heterocycles. The van der Waals surface area contributed by atoms with Crippen molar-refractivity contribution in [2.75, 3.05) is 0 Å². The van der Waals surface area contributed by atoms with E-state index < -0.39 is 4.92 Å².